The van der Waals surface area contributed by atoms with E-state index in [0.29, 0.717) is 37.3 Å². The molecule has 0 saturated heterocycles. The summed E-state index contributed by atoms with van der Waals surface area (Å²) < 4.78 is 0. The number of hydrogen-bond donors (Lipinski definition) is 5. The summed E-state index contributed by atoms with van der Waals surface area (Å²) in [6.45, 7) is 6.33. The molecular formula is C31H38N2O7. The summed E-state index contributed by atoms with van der Waals surface area (Å²) in [5.74, 6) is -5.42. The molecule has 1 aliphatic rings. The molecular weight excluding hydrogens is 512 g/mol. The molecule has 0 spiro atoms. The number of amides is 1. The van der Waals surface area contributed by atoms with Crippen LogP contribution in [0.25, 0.3) is 11.1 Å². The Morgan fingerprint density at radius 3 is 2.15 bits per heavy atom. The van der Waals surface area contributed by atoms with E-state index in [9.17, 15) is 34.8 Å². The molecule has 0 saturated carbocycles. The van der Waals surface area contributed by atoms with Gasteiger partial charge in [-0.3, -0.25) is 19.3 Å². The van der Waals surface area contributed by atoms with E-state index in [1.165, 1.54) is 6.07 Å². The van der Waals surface area contributed by atoms with Gasteiger partial charge in [-0.1, -0.05) is 57.5 Å². The molecule has 9 heteroatoms. The molecule has 0 heterocycles. The molecule has 0 radical (unpaired) electrons. The molecule has 214 valence electrons. The first-order valence-corrected chi connectivity index (χ1v) is 13.2. The van der Waals surface area contributed by atoms with Crippen molar-refractivity contribution in [3.8, 4) is 16.9 Å². The predicted octanol–water partition coefficient (Wildman–Crippen LogP) is 3.87. The Kier molecular flexibility index (Phi) is 9.22. The third-order valence-electron chi connectivity index (χ3n) is 7.25. The number of hydrogen-bond acceptors (Lipinski definition) is 8. The van der Waals surface area contributed by atoms with Crippen LogP contribution < -0.4 is 5.73 Å². The van der Waals surface area contributed by atoms with E-state index in [-0.39, 0.29) is 16.7 Å². The maximum Gasteiger partial charge on any atom is 0.255 e. The van der Waals surface area contributed by atoms with E-state index in [0.717, 1.165) is 16.7 Å². The van der Waals surface area contributed by atoms with Crippen LogP contribution in [0.5, 0.6) is 5.75 Å². The number of nitrogens with zero attached hydrogens (tertiary/aromatic N) is 1. The van der Waals surface area contributed by atoms with E-state index < -0.39 is 46.7 Å². The van der Waals surface area contributed by atoms with Crippen LogP contribution in [0.3, 0.4) is 0 Å². The van der Waals surface area contributed by atoms with Gasteiger partial charge in [-0.25, -0.2) is 0 Å². The first-order chi connectivity index (χ1) is 18.6. The second-order valence-electron chi connectivity index (χ2n) is 11.4. The zero-order chi connectivity index (χ0) is 29.9. The Bertz CT molecular complexity index is 1370. The summed E-state index contributed by atoms with van der Waals surface area (Å²) in [5.41, 5.74) is 7.64. The molecule has 3 rings (SSSR count). The molecule has 0 aliphatic heterocycles. The smallest absolute Gasteiger partial charge is 0.255 e. The minimum atomic E-state index is -2.34. The van der Waals surface area contributed by atoms with Gasteiger partial charge in [0, 0.05) is 6.08 Å². The van der Waals surface area contributed by atoms with Gasteiger partial charge in [0.05, 0.1) is 11.6 Å². The van der Waals surface area contributed by atoms with E-state index in [2.05, 4.69) is 20.8 Å². The number of rotatable bonds is 3. The highest BCUT2D eigenvalue weighted by Gasteiger charge is 2.34. The Balaban J connectivity index is 2.19. The van der Waals surface area contributed by atoms with Crippen LogP contribution in [-0.2, 0) is 21.4 Å². The minimum Gasteiger partial charge on any atom is -0.510 e. The van der Waals surface area contributed by atoms with Crippen LogP contribution in [0, 0.1) is 0 Å². The summed E-state index contributed by atoms with van der Waals surface area (Å²) >= 11 is 0. The van der Waals surface area contributed by atoms with Crippen molar-refractivity contribution in [3.63, 3.8) is 0 Å². The number of carbonyl (C=O) groups is 3. The van der Waals surface area contributed by atoms with E-state index in [1.807, 2.05) is 24.3 Å². The third-order valence-corrected chi connectivity index (χ3v) is 7.25. The largest absolute Gasteiger partial charge is 0.510 e. The lowest BCUT2D eigenvalue weighted by molar-refractivity contribution is -0.126. The molecule has 0 aromatic heterocycles. The van der Waals surface area contributed by atoms with Gasteiger partial charge in [-0.2, -0.15) is 0 Å². The number of aromatic hydroxyl groups is 1. The summed E-state index contributed by atoms with van der Waals surface area (Å²) in [5, 5.41) is 42.7. The topological polar surface area (TPSA) is 161 Å². The van der Waals surface area contributed by atoms with Crippen LogP contribution >= 0.6 is 0 Å². The maximum atomic E-state index is 13.4. The fourth-order valence-electron chi connectivity index (χ4n) is 4.97. The highest BCUT2D eigenvalue weighted by molar-refractivity contribution is 6.21. The number of Topliss-reactive ketones (excluding diaryl/α,β-unsaturated/α-hetero) is 1. The second-order valence-corrected chi connectivity index (χ2v) is 11.4. The number of carbonyl (C=O) groups excluding carboxylic acids is 3. The van der Waals surface area contributed by atoms with E-state index >= 15 is 0 Å². The highest BCUT2D eigenvalue weighted by Crippen LogP contribution is 2.35. The number of likely N-dealkylation sites (N-methyl/N-ethyl adjacent to an activating group) is 1. The molecule has 2 aromatic carbocycles. The first-order valence-electron chi connectivity index (χ1n) is 13.2. The Labute approximate surface area is 234 Å². The summed E-state index contributed by atoms with van der Waals surface area (Å²) in [4.78, 5) is 40.0. The van der Waals surface area contributed by atoms with Crippen molar-refractivity contribution in [3.05, 3.63) is 76.3 Å². The molecule has 1 aliphatic carbocycles. The SMILES string of the molecule is CN(C)[C@H]1CCCCc2c(-c3ccc(C(C)(C)C)cc3)ccc(O)c2C(=O)/C=C(\O)[C@H](O)C(=O)/C(C(N)=O)=C\1O. The number of primary amides is 1. The van der Waals surface area contributed by atoms with Gasteiger partial charge < -0.3 is 26.2 Å². The molecule has 0 fully saturated rings. The Hall–Kier alpha value is -3.95. The maximum absolute atomic E-state index is 13.4. The van der Waals surface area contributed by atoms with Gasteiger partial charge in [0.2, 0.25) is 5.78 Å². The third kappa shape index (κ3) is 6.43. The average Bonchev–Trinajstić information content (AvgIpc) is 2.86. The monoisotopic (exact) mass is 550 g/mol. The molecule has 2 atom stereocenters. The molecule has 0 bridgehead atoms. The Morgan fingerprint density at radius 1 is 0.975 bits per heavy atom. The number of ketones is 2. The second kappa shape index (κ2) is 12.1. The van der Waals surface area contributed by atoms with Gasteiger partial charge in [0.1, 0.15) is 22.8 Å². The van der Waals surface area contributed by atoms with Crippen molar-refractivity contribution in [1.82, 2.24) is 4.90 Å². The summed E-state index contributed by atoms with van der Waals surface area (Å²) in [6.07, 6.45) is 0.0411. The van der Waals surface area contributed by atoms with Crippen LogP contribution in [0.1, 0.15) is 61.5 Å². The van der Waals surface area contributed by atoms with Gasteiger partial charge in [-0.05, 0) is 67.1 Å². The molecule has 0 unspecified atom stereocenters. The lowest BCUT2D eigenvalue weighted by Gasteiger charge is -2.26. The van der Waals surface area contributed by atoms with Crippen LogP contribution in [0.4, 0.5) is 0 Å². The van der Waals surface area contributed by atoms with Crippen molar-refractivity contribution >= 4 is 17.5 Å². The highest BCUT2D eigenvalue weighted by atomic mass is 16.3. The molecule has 1 amide bonds. The number of nitrogens with two attached hydrogens (primary N) is 1. The first kappa shape index (κ1) is 30.6. The number of benzene rings is 2. The molecule has 40 heavy (non-hydrogen) atoms. The van der Waals surface area contributed by atoms with Crippen molar-refractivity contribution in [2.75, 3.05) is 14.1 Å². The zero-order valence-corrected chi connectivity index (χ0v) is 23.6. The van der Waals surface area contributed by atoms with Crippen molar-refractivity contribution in [2.45, 2.75) is 64.0 Å². The fourth-order valence-corrected chi connectivity index (χ4v) is 4.97. The number of aliphatic hydroxyl groups excluding tert-OH is 3. The lowest BCUT2D eigenvalue weighted by atomic mass is 9.84. The van der Waals surface area contributed by atoms with E-state index in [1.54, 1.807) is 25.1 Å². The zero-order valence-electron chi connectivity index (χ0n) is 23.6. The number of fused-ring (bicyclic) bond motifs is 1. The summed E-state index contributed by atoms with van der Waals surface area (Å²) in [7, 11) is 3.32. The van der Waals surface area contributed by atoms with Gasteiger partial charge in [0.25, 0.3) is 5.91 Å². The number of aliphatic hydroxyl groups is 3. The normalized spacial score (nSPS) is 22.8. The van der Waals surface area contributed by atoms with Gasteiger partial charge in [-0.15, -0.1) is 0 Å². The van der Waals surface area contributed by atoms with Crippen LogP contribution in [0.2, 0.25) is 0 Å². The van der Waals surface area contributed by atoms with Crippen molar-refractivity contribution < 1.29 is 34.8 Å². The number of phenols is 1. The molecule has 9 nitrogen and oxygen atoms in total. The van der Waals surface area contributed by atoms with Gasteiger partial charge >= 0.3 is 0 Å². The number of phenolic OH excluding ortho intramolecular Hbond substituents is 1. The van der Waals surface area contributed by atoms with Crippen molar-refractivity contribution in [1.29, 1.82) is 0 Å². The lowest BCUT2D eigenvalue weighted by Crippen LogP contribution is -2.37. The molecule has 2 aromatic rings. The number of allylic oxidation sites excluding steroid dienone is 1. The summed E-state index contributed by atoms with van der Waals surface area (Å²) in [6, 6.07) is 10.3. The predicted molar refractivity (Wildman–Crippen MR) is 152 cm³/mol. The van der Waals surface area contributed by atoms with Crippen LogP contribution in [-0.4, -0.2) is 69.0 Å². The van der Waals surface area contributed by atoms with E-state index in [4.69, 9.17) is 5.73 Å². The Morgan fingerprint density at radius 2 is 1.60 bits per heavy atom. The van der Waals surface area contributed by atoms with Crippen molar-refractivity contribution in [2.24, 2.45) is 5.73 Å². The average molecular weight is 551 g/mol. The quantitative estimate of drug-likeness (QED) is 0.360. The van der Waals surface area contributed by atoms with Gasteiger partial charge in [0.15, 0.2) is 11.9 Å². The van der Waals surface area contributed by atoms with Crippen LogP contribution in [0.15, 0.2) is 59.6 Å². The fraction of sp³-hybridized carbons (Fsp3) is 0.387. The minimum absolute atomic E-state index is 0.0552. The standard InChI is InChI=1S/C31H38N2O7/c1-31(2,3)18-12-10-17(11-13-18)19-14-15-22(34)25-20(19)8-6-7-9-21(33(4)5)27(37)26(30(32)40)29(39)28(38)24(36)16-23(25)35/h10-16,21,28,34,36-38H,6-9H2,1-5H3,(H2,32,40)/b24-16-,27-26-/t21-,28-/m0/s1. The molecule has 6 N–H and O–H groups in total.